The minimum absolute atomic E-state index is 0.234. The molecule has 0 bridgehead atoms. The van der Waals surface area contributed by atoms with Crippen molar-refractivity contribution in [3.05, 3.63) is 5.57 Å². The average Bonchev–Trinajstić information content (AvgIpc) is 1.88. The lowest BCUT2D eigenvalue weighted by atomic mass is 10.4. The Labute approximate surface area is 80.1 Å². The Balaban J connectivity index is 0. The standard InChI is InChI=1S/C4H6O.C2HCl3O/c1-4(2)3-5;3-2(4,5)1-6/h1-2H3;1H. The lowest BCUT2D eigenvalue weighted by Gasteiger charge is -1.93. The van der Waals surface area contributed by atoms with E-state index in [1.54, 1.807) is 19.8 Å². The summed E-state index contributed by atoms with van der Waals surface area (Å²) in [5, 5.41) is 0. The van der Waals surface area contributed by atoms with E-state index >= 15 is 0 Å². The van der Waals surface area contributed by atoms with Gasteiger partial charge in [-0.1, -0.05) is 34.8 Å². The van der Waals surface area contributed by atoms with Gasteiger partial charge in [-0.3, -0.25) is 4.79 Å². The number of carbonyl (C=O) groups excluding carboxylic acids is 2. The molecule has 0 aromatic heterocycles. The van der Waals surface area contributed by atoms with Gasteiger partial charge in [-0.2, -0.15) is 0 Å². The Morgan fingerprint density at radius 2 is 1.55 bits per heavy atom. The zero-order valence-corrected chi connectivity index (χ0v) is 8.30. The Hall–Kier alpha value is -0.0100. The Bertz CT molecular complexity index is 161. The fourth-order valence-electron chi connectivity index (χ4n) is 0. The van der Waals surface area contributed by atoms with Crippen LogP contribution in [0.2, 0.25) is 0 Å². The molecule has 5 heteroatoms. The van der Waals surface area contributed by atoms with Gasteiger partial charge in [0.25, 0.3) is 0 Å². The molecule has 0 aromatic rings. The molecule has 0 rings (SSSR count). The SMILES string of the molecule is CC(C)=C=O.O=CC(Cl)(Cl)Cl. The van der Waals surface area contributed by atoms with Crippen LogP contribution in [0.5, 0.6) is 0 Å². The molecule has 0 aromatic carbocycles. The van der Waals surface area contributed by atoms with Crippen molar-refractivity contribution < 1.29 is 9.59 Å². The van der Waals surface area contributed by atoms with Crippen molar-refractivity contribution in [1.82, 2.24) is 0 Å². The van der Waals surface area contributed by atoms with Gasteiger partial charge in [0.05, 0.1) is 0 Å². The number of hydrogen-bond acceptors (Lipinski definition) is 2. The third kappa shape index (κ3) is 25.6. The van der Waals surface area contributed by atoms with E-state index in [-0.39, 0.29) is 6.29 Å². The van der Waals surface area contributed by atoms with E-state index in [9.17, 15) is 9.59 Å². The van der Waals surface area contributed by atoms with Crippen molar-refractivity contribution >= 4 is 47.0 Å². The van der Waals surface area contributed by atoms with Crippen LogP contribution in [0.4, 0.5) is 0 Å². The average molecular weight is 217 g/mol. The van der Waals surface area contributed by atoms with Crippen molar-refractivity contribution in [1.29, 1.82) is 0 Å². The van der Waals surface area contributed by atoms with E-state index < -0.39 is 3.79 Å². The second-order valence-electron chi connectivity index (χ2n) is 1.76. The van der Waals surface area contributed by atoms with Crippen molar-refractivity contribution in [3.63, 3.8) is 0 Å². The molecule has 0 atom stereocenters. The summed E-state index contributed by atoms with van der Waals surface area (Å²) in [6.07, 6.45) is 0.234. The van der Waals surface area contributed by atoms with Crippen molar-refractivity contribution in [2.24, 2.45) is 0 Å². The fraction of sp³-hybridized carbons (Fsp3) is 0.500. The molecule has 0 aliphatic carbocycles. The minimum atomic E-state index is -1.72. The summed E-state index contributed by atoms with van der Waals surface area (Å²) >= 11 is 14.6. The molecule has 0 N–H and O–H groups in total. The highest BCUT2D eigenvalue weighted by Gasteiger charge is 2.16. The highest BCUT2D eigenvalue weighted by molar-refractivity contribution is 6.74. The third-order valence-electron chi connectivity index (χ3n) is 0.338. The van der Waals surface area contributed by atoms with E-state index in [1.165, 1.54) is 0 Å². The summed E-state index contributed by atoms with van der Waals surface area (Å²) in [6, 6.07) is 0. The van der Waals surface area contributed by atoms with Crippen LogP contribution >= 0.6 is 34.8 Å². The number of carbonyl (C=O) groups is 1. The summed E-state index contributed by atoms with van der Waals surface area (Å²) in [5.74, 6) is 1.69. The van der Waals surface area contributed by atoms with E-state index in [0.717, 1.165) is 0 Å². The van der Waals surface area contributed by atoms with Crippen LogP contribution in [-0.4, -0.2) is 16.0 Å². The predicted molar refractivity (Wildman–Crippen MR) is 46.9 cm³/mol. The van der Waals surface area contributed by atoms with Crippen LogP contribution in [0.1, 0.15) is 13.8 Å². The molecular weight excluding hydrogens is 210 g/mol. The van der Waals surface area contributed by atoms with E-state index in [2.05, 4.69) is 0 Å². The molecule has 0 heterocycles. The van der Waals surface area contributed by atoms with Crippen LogP contribution < -0.4 is 0 Å². The van der Waals surface area contributed by atoms with Gasteiger partial charge in [0.2, 0.25) is 3.79 Å². The molecule has 64 valence electrons. The van der Waals surface area contributed by atoms with Crippen LogP contribution in [-0.2, 0) is 9.59 Å². The summed E-state index contributed by atoms with van der Waals surface area (Å²) in [7, 11) is 0. The Morgan fingerprint density at radius 3 is 1.55 bits per heavy atom. The number of halogens is 3. The van der Waals surface area contributed by atoms with E-state index in [1.807, 2.05) is 0 Å². The van der Waals surface area contributed by atoms with E-state index in [0.29, 0.717) is 5.57 Å². The first-order valence-corrected chi connectivity index (χ1v) is 3.68. The minimum Gasteiger partial charge on any atom is -0.299 e. The zero-order valence-electron chi connectivity index (χ0n) is 6.03. The van der Waals surface area contributed by atoms with E-state index in [4.69, 9.17) is 34.8 Å². The van der Waals surface area contributed by atoms with Gasteiger partial charge in [-0.15, -0.1) is 0 Å². The van der Waals surface area contributed by atoms with Crippen molar-refractivity contribution in [3.8, 4) is 0 Å². The predicted octanol–water partition coefficient (Wildman–Crippen LogP) is 2.34. The summed E-state index contributed by atoms with van der Waals surface area (Å²) in [5.41, 5.74) is 0.699. The van der Waals surface area contributed by atoms with Gasteiger partial charge in [-0.25, -0.2) is 4.79 Å². The molecule has 0 radical (unpaired) electrons. The second kappa shape index (κ2) is 6.68. The van der Waals surface area contributed by atoms with Crippen LogP contribution in [0, 0.1) is 0 Å². The van der Waals surface area contributed by atoms with Crippen LogP contribution in [0.15, 0.2) is 5.57 Å². The third-order valence-corrected chi connectivity index (χ3v) is 0.605. The maximum atomic E-state index is 9.43. The molecule has 11 heavy (non-hydrogen) atoms. The number of aldehydes is 1. The first kappa shape index (κ1) is 13.6. The molecule has 0 fully saturated rings. The normalized spacial score (nSPS) is 8.82. The second-order valence-corrected chi connectivity index (χ2v) is 4.13. The highest BCUT2D eigenvalue weighted by Crippen LogP contribution is 2.21. The maximum absolute atomic E-state index is 9.43. The zero-order chi connectivity index (χ0) is 9.49. The molecular formula is C6H7Cl3O2. The van der Waals surface area contributed by atoms with Crippen LogP contribution in [0.25, 0.3) is 0 Å². The number of hydrogen-bond donors (Lipinski definition) is 0. The number of alkyl halides is 3. The van der Waals surface area contributed by atoms with Gasteiger partial charge >= 0.3 is 0 Å². The fourth-order valence-corrected chi connectivity index (χ4v) is 0. The molecule has 0 spiro atoms. The number of rotatable bonds is 0. The first-order valence-electron chi connectivity index (χ1n) is 2.55. The van der Waals surface area contributed by atoms with Gasteiger partial charge in [-0.05, 0) is 13.8 Å². The molecule has 2 nitrogen and oxygen atoms in total. The molecule has 0 saturated heterocycles. The van der Waals surface area contributed by atoms with Gasteiger partial charge in [0.15, 0.2) is 6.29 Å². The number of allylic oxidation sites excluding steroid dienone is 1. The topological polar surface area (TPSA) is 34.1 Å². The molecule has 0 unspecified atom stereocenters. The first-order chi connectivity index (χ1) is 4.83. The highest BCUT2D eigenvalue weighted by atomic mass is 35.6. The van der Waals surface area contributed by atoms with Gasteiger partial charge in [0.1, 0.15) is 5.94 Å². The summed E-state index contributed by atoms with van der Waals surface area (Å²) in [6.45, 7) is 3.43. The van der Waals surface area contributed by atoms with Gasteiger partial charge in [0, 0.05) is 5.57 Å². The van der Waals surface area contributed by atoms with Crippen molar-refractivity contribution in [2.75, 3.05) is 0 Å². The molecule has 0 aliphatic rings. The summed E-state index contributed by atoms with van der Waals surface area (Å²) < 4.78 is -1.72. The lowest BCUT2D eigenvalue weighted by Crippen LogP contribution is -2.00. The maximum Gasteiger partial charge on any atom is 0.245 e. The Morgan fingerprint density at radius 1 is 1.36 bits per heavy atom. The van der Waals surface area contributed by atoms with Crippen molar-refractivity contribution in [2.45, 2.75) is 17.6 Å². The van der Waals surface area contributed by atoms with Crippen LogP contribution in [0.3, 0.4) is 0 Å². The molecule has 0 amide bonds. The molecule has 0 aliphatic heterocycles. The van der Waals surface area contributed by atoms with Gasteiger partial charge < -0.3 is 0 Å². The molecule has 0 saturated carbocycles. The Kier molecular flexibility index (Phi) is 8.25. The monoisotopic (exact) mass is 216 g/mol. The summed E-state index contributed by atoms with van der Waals surface area (Å²) in [4.78, 5) is 18.8. The smallest absolute Gasteiger partial charge is 0.245 e. The largest absolute Gasteiger partial charge is 0.299 e. The quantitative estimate of drug-likeness (QED) is 0.355. The lowest BCUT2D eigenvalue weighted by molar-refractivity contribution is -0.107.